The Morgan fingerprint density at radius 1 is 1.35 bits per heavy atom. The fourth-order valence-corrected chi connectivity index (χ4v) is 3.91. The molecule has 2 rings (SSSR count). The lowest BCUT2D eigenvalue weighted by Gasteiger charge is -2.23. The van der Waals surface area contributed by atoms with E-state index in [9.17, 15) is 9.59 Å². The van der Waals surface area contributed by atoms with Gasteiger partial charge in [-0.15, -0.1) is 11.3 Å². The van der Waals surface area contributed by atoms with Crippen molar-refractivity contribution in [3.63, 3.8) is 0 Å². The van der Waals surface area contributed by atoms with Crippen LogP contribution < -0.4 is 4.90 Å². The molecule has 5 heteroatoms. The lowest BCUT2D eigenvalue weighted by molar-refractivity contribution is -0.925. The summed E-state index contributed by atoms with van der Waals surface area (Å²) in [4.78, 5) is 30.3. The Bertz CT molecular complexity index is 701. The van der Waals surface area contributed by atoms with Crippen molar-refractivity contribution in [2.24, 2.45) is 0 Å². The van der Waals surface area contributed by atoms with Gasteiger partial charge in [0.05, 0.1) is 17.1 Å². The SMILES string of the molecule is CC[NH+](Cc1cccs1)[C@@H](C)C(=O)c1[nH]c(C)c(C(C)=O)c1C. The van der Waals surface area contributed by atoms with Crippen LogP contribution in [0.3, 0.4) is 0 Å². The Labute approximate surface area is 141 Å². The van der Waals surface area contributed by atoms with E-state index < -0.39 is 0 Å². The highest BCUT2D eigenvalue weighted by Crippen LogP contribution is 2.19. The molecule has 0 bridgehead atoms. The first-order valence-electron chi connectivity index (χ1n) is 7.98. The van der Waals surface area contributed by atoms with Crippen molar-refractivity contribution < 1.29 is 14.5 Å². The van der Waals surface area contributed by atoms with Crippen molar-refractivity contribution in [3.05, 3.63) is 44.9 Å². The highest BCUT2D eigenvalue weighted by Gasteiger charge is 2.29. The minimum absolute atomic E-state index is 0.00114. The Kier molecular flexibility index (Phi) is 5.55. The number of likely N-dealkylation sites (N-methyl/N-ethyl adjacent to an activating group) is 1. The predicted molar refractivity (Wildman–Crippen MR) is 93.6 cm³/mol. The number of Topliss-reactive ketones (excluding diaryl/α,β-unsaturated/α-hetero) is 2. The van der Waals surface area contributed by atoms with Crippen molar-refractivity contribution in [1.82, 2.24) is 4.98 Å². The summed E-state index contributed by atoms with van der Waals surface area (Å²) in [6.07, 6.45) is 0. The van der Waals surface area contributed by atoms with E-state index >= 15 is 0 Å². The average molecular weight is 333 g/mol. The fourth-order valence-electron chi connectivity index (χ4n) is 3.15. The van der Waals surface area contributed by atoms with E-state index in [1.165, 1.54) is 9.78 Å². The van der Waals surface area contributed by atoms with Crippen LogP contribution in [-0.4, -0.2) is 29.1 Å². The molecule has 0 spiro atoms. The zero-order valence-corrected chi connectivity index (χ0v) is 15.3. The van der Waals surface area contributed by atoms with Gasteiger partial charge in [-0.3, -0.25) is 9.59 Å². The summed E-state index contributed by atoms with van der Waals surface area (Å²) in [5, 5.41) is 2.06. The van der Waals surface area contributed by atoms with Crippen molar-refractivity contribution in [1.29, 1.82) is 0 Å². The van der Waals surface area contributed by atoms with Crippen LogP contribution in [0.2, 0.25) is 0 Å². The Morgan fingerprint density at radius 3 is 2.52 bits per heavy atom. The van der Waals surface area contributed by atoms with Gasteiger partial charge in [0.25, 0.3) is 0 Å². The van der Waals surface area contributed by atoms with Crippen molar-refractivity contribution in [3.8, 4) is 0 Å². The molecule has 0 amide bonds. The Balaban J connectivity index is 2.24. The molecular weight excluding hydrogens is 308 g/mol. The third-order valence-corrected chi connectivity index (χ3v) is 5.35. The van der Waals surface area contributed by atoms with Gasteiger partial charge in [-0.2, -0.15) is 0 Å². The number of hydrogen-bond donors (Lipinski definition) is 2. The van der Waals surface area contributed by atoms with Crippen molar-refractivity contribution >= 4 is 22.9 Å². The van der Waals surface area contributed by atoms with E-state index in [0.717, 1.165) is 24.3 Å². The van der Waals surface area contributed by atoms with Crippen LogP contribution in [0.25, 0.3) is 0 Å². The van der Waals surface area contributed by atoms with Crippen molar-refractivity contribution in [2.45, 2.75) is 47.2 Å². The number of hydrogen-bond acceptors (Lipinski definition) is 3. The average Bonchev–Trinajstić information content (AvgIpc) is 3.11. The predicted octanol–water partition coefficient (Wildman–Crippen LogP) is 2.57. The zero-order chi connectivity index (χ0) is 17.1. The van der Waals surface area contributed by atoms with Crippen LogP contribution in [0.1, 0.15) is 57.8 Å². The van der Waals surface area contributed by atoms with Crippen LogP contribution in [0.5, 0.6) is 0 Å². The minimum Gasteiger partial charge on any atom is -0.355 e. The van der Waals surface area contributed by atoms with Gasteiger partial charge in [0.2, 0.25) is 5.78 Å². The molecule has 0 aliphatic rings. The van der Waals surface area contributed by atoms with Crippen molar-refractivity contribution in [2.75, 3.05) is 6.54 Å². The molecule has 2 N–H and O–H groups in total. The van der Waals surface area contributed by atoms with Gasteiger partial charge in [0.15, 0.2) is 11.8 Å². The summed E-state index contributed by atoms with van der Waals surface area (Å²) in [5.74, 6) is 0.0766. The molecule has 4 nitrogen and oxygen atoms in total. The van der Waals surface area contributed by atoms with Gasteiger partial charge >= 0.3 is 0 Å². The first-order chi connectivity index (χ1) is 10.9. The normalized spacial score (nSPS) is 13.8. The first-order valence-corrected chi connectivity index (χ1v) is 8.86. The standard InChI is InChI=1S/C18H24N2O2S/c1-6-20(10-15-8-7-9-23-15)13(4)18(22)17-11(2)16(14(5)21)12(3)19-17/h7-9,13,19H,6,10H2,1-5H3/p+1/t13-/m0/s1. The number of carbonyl (C=O) groups excluding carboxylic acids is 2. The second kappa shape index (κ2) is 7.23. The molecule has 1 unspecified atom stereocenters. The molecule has 0 aliphatic heterocycles. The molecule has 0 saturated heterocycles. The molecule has 2 aromatic heterocycles. The van der Waals surface area contributed by atoms with E-state index in [-0.39, 0.29) is 17.6 Å². The number of rotatable bonds is 7. The molecule has 2 heterocycles. The molecule has 124 valence electrons. The smallest absolute Gasteiger partial charge is 0.235 e. The fraction of sp³-hybridized carbons (Fsp3) is 0.444. The highest BCUT2D eigenvalue weighted by atomic mass is 32.1. The Morgan fingerprint density at radius 2 is 2.04 bits per heavy atom. The second-order valence-corrected chi connectivity index (χ2v) is 7.07. The second-order valence-electron chi connectivity index (χ2n) is 6.04. The minimum atomic E-state index is -0.154. The largest absolute Gasteiger partial charge is 0.355 e. The number of aryl methyl sites for hydroxylation is 1. The summed E-state index contributed by atoms with van der Waals surface area (Å²) in [6.45, 7) is 11.0. The number of quaternary nitrogens is 1. The number of aromatic nitrogens is 1. The summed E-state index contributed by atoms with van der Waals surface area (Å²) in [5.41, 5.74) is 2.79. The number of ketones is 2. The first kappa shape index (κ1) is 17.6. The molecule has 2 atom stereocenters. The summed E-state index contributed by atoms with van der Waals surface area (Å²) in [6, 6.07) is 3.99. The third-order valence-electron chi connectivity index (χ3n) is 4.48. The maximum atomic E-state index is 12.9. The number of nitrogens with one attached hydrogen (secondary N) is 2. The van der Waals surface area contributed by atoms with Gasteiger partial charge in [-0.25, -0.2) is 0 Å². The van der Waals surface area contributed by atoms with Gasteiger partial charge < -0.3 is 9.88 Å². The van der Waals surface area contributed by atoms with E-state index in [1.807, 2.05) is 26.8 Å². The highest BCUT2D eigenvalue weighted by molar-refractivity contribution is 7.09. The lowest BCUT2D eigenvalue weighted by atomic mass is 10.0. The summed E-state index contributed by atoms with van der Waals surface area (Å²) < 4.78 is 0. The number of carbonyl (C=O) groups is 2. The third kappa shape index (κ3) is 3.62. The van der Waals surface area contributed by atoms with E-state index in [4.69, 9.17) is 0 Å². The van der Waals surface area contributed by atoms with E-state index in [2.05, 4.69) is 23.4 Å². The number of aromatic amines is 1. The summed E-state index contributed by atoms with van der Waals surface area (Å²) >= 11 is 1.72. The molecule has 0 saturated carbocycles. The van der Waals surface area contributed by atoms with E-state index in [1.54, 1.807) is 18.3 Å². The molecule has 0 aromatic carbocycles. The van der Waals surface area contributed by atoms with Crippen LogP contribution in [-0.2, 0) is 6.54 Å². The topological polar surface area (TPSA) is 54.4 Å². The van der Waals surface area contributed by atoms with Gasteiger partial charge in [-0.05, 0) is 51.6 Å². The van der Waals surface area contributed by atoms with Gasteiger partial charge in [-0.1, -0.05) is 6.07 Å². The van der Waals surface area contributed by atoms with Gasteiger partial charge in [0, 0.05) is 11.3 Å². The molecule has 2 aromatic rings. The number of H-pyrrole nitrogens is 1. The monoisotopic (exact) mass is 333 g/mol. The number of thiophene rings is 1. The van der Waals surface area contributed by atoms with Crippen LogP contribution in [0, 0.1) is 13.8 Å². The van der Waals surface area contributed by atoms with Gasteiger partial charge in [0.1, 0.15) is 6.54 Å². The molecule has 0 fully saturated rings. The molecular formula is C18H25N2O2S+. The lowest BCUT2D eigenvalue weighted by Crippen LogP contribution is -3.14. The Hall–Kier alpha value is -1.72. The van der Waals surface area contributed by atoms with Crippen LogP contribution in [0.15, 0.2) is 17.5 Å². The maximum absolute atomic E-state index is 12.9. The maximum Gasteiger partial charge on any atom is 0.235 e. The van der Waals surface area contributed by atoms with E-state index in [0.29, 0.717) is 11.3 Å². The molecule has 0 aliphatic carbocycles. The molecule has 0 radical (unpaired) electrons. The van der Waals surface area contributed by atoms with Crippen LogP contribution >= 0.6 is 11.3 Å². The molecule has 23 heavy (non-hydrogen) atoms. The summed E-state index contributed by atoms with van der Waals surface area (Å²) in [7, 11) is 0. The zero-order valence-electron chi connectivity index (χ0n) is 14.4. The van der Waals surface area contributed by atoms with Crippen LogP contribution in [0.4, 0.5) is 0 Å². The quantitative estimate of drug-likeness (QED) is 0.765.